The Morgan fingerprint density at radius 2 is 2.04 bits per heavy atom. The van der Waals surface area contributed by atoms with Crippen molar-refractivity contribution in [3.63, 3.8) is 0 Å². The summed E-state index contributed by atoms with van der Waals surface area (Å²) in [4.78, 5) is 12.0. The van der Waals surface area contributed by atoms with E-state index in [0.717, 1.165) is 30.8 Å². The van der Waals surface area contributed by atoms with Gasteiger partial charge in [0.15, 0.2) is 0 Å². The Morgan fingerprint density at radius 1 is 1.26 bits per heavy atom. The van der Waals surface area contributed by atoms with Gasteiger partial charge in [0.1, 0.15) is 5.75 Å². The van der Waals surface area contributed by atoms with Crippen LogP contribution in [0.4, 0.5) is 16.2 Å². The van der Waals surface area contributed by atoms with E-state index in [9.17, 15) is 4.79 Å². The molecule has 1 atom stereocenters. The van der Waals surface area contributed by atoms with Gasteiger partial charge in [0.25, 0.3) is 0 Å². The minimum absolute atomic E-state index is 0.0284. The Labute approximate surface area is 135 Å². The van der Waals surface area contributed by atoms with E-state index in [1.54, 1.807) is 24.3 Å². The maximum atomic E-state index is 12.0. The molecule has 3 rings (SSSR count). The molecule has 5 nitrogen and oxygen atoms in total. The summed E-state index contributed by atoms with van der Waals surface area (Å²) < 4.78 is 5.39. The van der Waals surface area contributed by atoms with Crippen LogP contribution in [0.2, 0.25) is 0 Å². The SMILES string of the molecule is C[C@@]1(c2cc(OC(=O)Nc3ccccc3)ccc2N)CCNC1. The second-order valence-electron chi connectivity index (χ2n) is 6.12. The van der Waals surface area contributed by atoms with E-state index in [4.69, 9.17) is 10.5 Å². The third-order valence-electron chi connectivity index (χ3n) is 4.27. The van der Waals surface area contributed by atoms with Crippen molar-refractivity contribution in [2.75, 3.05) is 24.1 Å². The molecule has 5 heteroatoms. The average Bonchev–Trinajstić information content (AvgIpc) is 2.98. The molecule has 1 saturated heterocycles. The minimum Gasteiger partial charge on any atom is -0.410 e. The lowest BCUT2D eigenvalue weighted by atomic mass is 9.81. The van der Waals surface area contributed by atoms with Crippen molar-refractivity contribution in [1.82, 2.24) is 5.32 Å². The topological polar surface area (TPSA) is 76.4 Å². The van der Waals surface area contributed by atoms with Crippen LogP contribution >= 0.6 is 0 Å². The molecule has 4 N–H and O–H groups in total. The molecule has 0 bridgehead atoms. The minimum atomic E-state index is -0.512. The number of ether oxygens (including phenoxy) is 1. The summed E-state index contributed by atoms with van der Waals surface area (Å²) in [6.07, 6.45) is 0.498. The second kappa shape index (κ2) is 6.30. The number of hydrogen-bond acceptors (Lipinski definition) is 4. The molecule has 1 fully saturated rings. The fourth-order valence-electron chi connectivity index (χ4n) is 2.94. The van der Waals surface area contributed by atoms with Crippen LogP contribution in [0.15, 0.2) is 48.5 Å². The lowest BCUT2D eigenvalue weighted by Crippen LogP contribution is -2.26. The van der Waals surface area contributed by atoms with Crippen molar-refractivity contribution in [3.8, 4) is 5.75 Å². The summed E-state index contributed by atoms with van der Waals surface area (Å²) in [6.45, 7) is 4.01. The molecule has 23 heavy (non-hydrogen) atoms. The molecule has 0 spiro atoms. The standard InChI is InChI=1S/C18H21N3O2/c1-18(9-10-20-12-18)15-11-14(7-8-16(15)19)23-17(22)21-13-5-3-2-4-6-13/h2-8,11,20H,9-10,12,19H2,1H3,(H,21,22)/t18-/m1/s1. The van der Waals surface area contributed by atoms with Crippen LogP contribution in [-0.4, -0.2) is 19.2 Å². The number of nitrogens with two attached hydrogens (primary N) is 1. The highest BCUT2D eigenvalue weighted by Gasteiger charge is 2.32. The average molecular weight is 311 g/mol. The van der Waals surface area contributed by atoms with Gasteiger partial charge in [-0.1, -0.05) is 25.1 Å². The number of benzene rings is 2. The molecule has 2 aromatic rings. The van der Waals surface area contributed by atoms with Crippen LogP contribution in [0.1, 0.15) is 18.9 Å². The number of para-hydroxylation sites is 1. The monoisotopic (exact) mass is 311 g/mol. The Balaban J connectivity index is 1.74. The molecule has 1 aliphatic rings. The smallest absolute Gasteiger partial charge is 0.410 e. The molecule has 1 heterocycles. The summed E-state index contributed by atoms with van der Waals surface area (Å²) in [5.74, 6) is 0.496. The number of carbonyl (C=O) groups is 1. The number of amides is 1. The Morgan fingerprint density at radius 3 is 2.74 bits per heavy atom. The third kappa shape index (κ3) is 3.46. The number of anilines is 2. The van der Waals surface area contributed by atoms with Gasteiger partial charge in [-0.05, 0) is 48.9 Å². The van der Waals surface area contributed by atoms with Crippen molar-refractivity contribution in [1.29, 1.82) is 0 Å². The predicted octanol–water partition coefficient (Wildman–Crippen LogP) is 3.13. The quantitative estimate of drug-likeness (QED) is 0.761. The molecule has 0 aliphatic carbocycles. The normalized spacial score (nSPS) is 20.2. The van der Waals surface area contributed by atoms with Crippen LogP contribution in [0.3, 0.4) is 0 Å². The molecule has 120 valence electrons. The fourth-order valence-corrected chi connectivity index (χ4v) is 2.94. The van der Waals surface area contributed by atoms with Gasteiger partial charge in [0.05, 0.1) is 0 Å². The molecule has 2 aromatic carbocycles. The van der Waals surface area contributed by atoms with E-state index in [1.165, 1.54) is 0 Å². The maximum Gasteiger partial charge on any atom is 0.417 e. The van der Waals surface area contributed by atoms with E-state index in [2.05, 4.69) is 17.6 Å². The summed E-state index contributed by atoms with van der Waals surface area (Å²) >= 11 is 0. The molecule has 1 aliphatic heterocycles. The summed E-state index contributed by atoms with van der Waals surface area (Å²) in [7, 11) is 0. The lowest BCUT2D eigenvalue weighted by Gasteiger charge is -2.25. The number of nitrogens with one attached hydrogen (secondary N) is 2. The van der Waals surface area contributed by atoms with Crippen LogP contribution in [0.25, 0.3) is 0 Å². The van der Waals surface area contributed by atoms with Crippen molar-refractivity contribution in [2.24, 2.45) is 0 Å². The van der Waals surface area contributed by atoms with Gasteiger partial charge in [-0.3, -0.25) is 5.32 Å². The van der Waals surface area contributed by atoms with Gasteiger partial charge in [0.2, 0.25) is 0 Å². The Kier molecular flexibility index (Phi) is 4.21. The highest BCUT2D eigenvalue weighted by atomic mass is 16.6. The van der Waals surface area contributed by atoms with Crippen molar-refractivity contribution < 1.29 is 9.53 Å². The van der Waals surface area contributed by atoms with Gasteiger partial charge in [0, 0.05) is 23.3 Å². The van der Waals surface area contributed by atoms with Gasteiger partial charge >= 0.3 is 6.09 Å². The lowest BCUT2D eigenvalue weighted by molar-refractivity contribution is 0.215. The number of nitrogen functional groups attached to an aromatic ring is 1. The molecule has 0 aromatic heterocycles. The zero-order valence-electron chi connectivity index (χ0n) is 13.1. The maximum absolute atomic E-state index is 12.0. The number of rotatable bonds is 3. The van der Waals surface area contributed by atoms with Gasteiger partial charge < -0.3 is 15.8 Å². The van der Waals surface area contributed by atoms with E-state index < -0.39 is 6.09 Å². The zero-order chi connectivity index (χ0) is 16.3. The van der Waals surface area contributed by atoms with Gasteiger partial charge in [-0.25, -0.2) is 4.79 Å². The van der Waals surface area contributed by atoms with Crippen molar-refractivity contribution >= 4 is 17.5 Å². The second-order valence-corrected chi connectivity index (χ2v) is 6.12. The highest BCUT2D eigenvalue weighted by molar-refractivity contribution is 5.86. The van der Waals surface area contributed by atoms with Crippen LogP contribution in [0, 0.1) is 0 Å². The molecular weight excluding hydrogens is 290 g/mol. The number of carbonyl (C=O) groups excluding carboxylic acids is 1. The first kappa shape index (κ1) is 15.4. The first-order valence-corrected chi connectivity index (χ1v) is 7.71. The molecular formula is C18H21N3O2. The first-order chi connectivity index (χ1) is 11.1. The van der Waals surface area contributed by atoms with Gasteiger partial charge in [-0.2, -0.15) is 0 Å². The number of hydrogen-bond donors (Lipinski definition) is 3. The summed E-state index contributed by atoms with van der Waals surface area (Å²) in [6, 6.07) is 14.6. The molecule has 0 radical (unpaired) electrons. The van der Waals surface area contributed by atoms with E-state index in [0.29, 0.717) is 11.4 Å². The third-order valence-corrected chi connectivity index (χ3v) is 4.27. The summed E-state index contributed by atoms with van der Waals surface area (Å²) in [5.41, 5.74) is 8.54. The highest BCUT2D eigenvalue weighted by Crippen LogP contribution is 2.36. The molecule has 0 saturated carbocycles. The first-order valence-electron chi connectivity index (χ1n) is 7.71. The fraction of sp³-hybridized carbons (Fsp3) is 0.278. The Bertz CT molecular complexity index is 695. The Hall–Kier alpha value is -2.53. The van der Waals surface area contributed by atoms with Crippen LogP contribution < -0.4 is 21.1 Å². The van der Waals surface area contributed by atoms with Crippen LogP contribution in [-0.2, 0) is 5.41 Å². The van der Waals surface area contributed by atoms with E-state index in [1.807, 2.05) is 24.3 Å². The van der Waals surface area contributed by atoms with Crippen molar-refractivity contribution in [3.05, 3.63) is 54.1 Å². The largest absolute Gasteiger partial charge is 0.417 e. The molecule has 1 amide bonds. The zero-order valence-corrected chi connectivity index (χ0v) is 13.1. The predicted molar refractivity (Wildman–Crippen MR) is 91.8 cm³/mol. The summed E-state index contributed by atoms with van der Waals surface area (Å²) in [5, 5.41) is 6.05. The van der Waals surface area contributed by atoms with Crippen molar-refractivity contribution in [2.45, 2.75) is 18.8 Å². The molecule has 0 unspecified atom stereocenters. The van der Waals surface area contributed by atoms with Crippen LogP contribution in [0.5, 0.6) is 5.75 Å². The van der Waals surface area contributed by atoms with E-state index in [-0.39, 0.29) is 5.41 Å². The van der Waals surface area contributed by atoms with E-state index >= 15 is 0 Å². The van der Waals surface area contributed by atoms with Gasteiger partial charge in [-0.15, -0.1) is 0 Å².